The second-order valence-corrected chi connectivity index (χ2v) is 5.46. The molecular weight excluding hydrogens is 373 g/mol. The maximum atomic E-state index is 5.97. The third kappa shape index (κ3) is 2.64. The van der Waals surface area contributed by atoms with E-state index in [-0.39, 0.29) is 5.28 Å². The Hall–Kier alpha value is -1.40. The fourth-order valence-electron chi connectivity index (χ4n) is 1.83. The van der Waals surface area contributed by atoms with E-state index in [2.05, 4.69) is 37.9 Å². The van der Waals surface area contributed by atoms with Gasteiger partial charge in [0.15, 0.2) is 0 Å². The number of aromatic nitrogens is 2. The lowest BCUT2D eigenvalue weighted by molar-refractivity contribution is 1.22. The highest BCUT2D eigenvalue weighted by Crippen LogP contribution is 2.27. The number of hydrogen-bond acceptors (Lipinski definition) is 3. The molecule has 0 bridgehead atoms. The Balaban J connectivity index is 2.13. The van der Waals surface area contributed by atoms with Crippen molar-refractivity contribution in [2.45, 2.75) is 0 Å². The molecule has 3 rings (SSSR count). The van der Waals surface area contributed by atoms with Crippen molar-refractivity contribution in [3.63, 3.8) is 0 Å². The average molecular weight is 382 g/mol. The standard InChI is InChI=1S/C14H9ClIN3/c15-14-18-11-7-3-1-5-9(11)13(19-14)17-12-8-4-2-6-10(12)16/h1-8H,(H,17,18,19). The van der Waals surface area contributed by atoms with E-state index in [0.717, 1.165) is 26.0 Å². The number of hydrogen-bond donors (Lipinski definition) is 1. The second-order valence-electron chi connectivity index (χ2n) is 3.96. The monoisotopic (exact) mass is 381 g/mol. The van der Waals surface area contributed by atoms with Gasteiger partial charge < -0.3 is 5.32 Å². The maximum absolute atomic E-state index is 5.97. The van der Waals surface area contributed by atoms with Crippen LogP contribution in [0.1, 0.15) is 0 Å². The first kappa shape index (κ1) is 12.6. The number of para-hydroxylation sites is 2. The van der Waals surface area contributed by atoms with Crippen molar-refractivity contribution in [3.8, 4) is 0 Å². The smallest absolute Gasteiger partial charge is 0.224 e. The van der Waals surface area contributed by atoms with Gasteiger partial charge in [-0.1, -0.05) is 24.3 Å². The zero-order chi connectivity index (χ0) is 13.2. The lowest BCUT2D eigenvalue weighted by Crippen LogP contribution is -1.98. The molecule has 0 unspecified atom stereocenters. The summed E-state index contributed by atoms with van der Waals surface area (Å²) >= 11 is 8.25. The fraction of sp³-hybridized carbons (Fsp3) is 0. The summed E-state index contributed by atoms with van der Waals surface area (Å²) < 4.78 is 1.12. The number of nitrogens with one attached hydrogen (secondary N) is 1. The number of fused-ring (bicyclic) bond motifs is 1. The van der Waals surface area contributed by atoms with Crippen LogP contribution < -0.4 is 5.32 Å². The number of benzene rings is 2. The lowest BCUT2D eigenvalue weighted by atomic mass is 10.2. The van der Waals surface area contributed by atoms with Crippen molar-refractivity contribution >= 4 is 56.6 Å². The van der Waals surface area contributed by atoms with Gasteiger partial charge in [0.05, 0.1) is 11.2 Å². The summed E-state index contributed by atoms with van der Waals surface area (Å²) in [6, 6.07) is 15.8. The van der Waals surface area contributed by atoms with Crippen LogP contribution in [-0.4, -0.2) is 9.97 Å². The highest BCUT2D eigenvalue weighted by atomic mass is 127. The molecule has 0 spiro atoms. The van der Waals surface area contributed by atoms with Crippen LogP contribution in [0.3, 0.4) is 0 Å². The van der Waals surface area contributed by atoms with Crippen LogP contribution in [-0.2, 0) is 0 Å². The molecule has 1 heterocycles. The van der Waals surface area contributed by atoms with Crippen molar-refractivity contribution in [2.24, 2.45) is 0 Å². The van der Waals surface area contributed by atoms with E-state index < -0.39 is 0 Å². The van der Waals surface area contributed by atoms with Crippen molar-refractivity contribution < 1.29 is 0 Å². The molecule has 3 aromatic rings. The molecule has 0 aliphatic heterocycles. The minimum Gasteiger partial charge on any atom is -0.339 e. The third-order valence-corrected chi connectivity index (χ3v) is 3.81. The van der Waals surface area contributed by atoms with E-state index in [1.807, 2.05) is 48.5 Å². The Morgan fingerprint density at radius 2 is 1.68 bits per heavy atom. The molecule has 1 aromatic heterocycles. The van der Waals surface area contributed by atoms with Gasteiger partial charge in [-0.2, -0.15) is 4.98 Å². The van der Waals surface area contributed by atoms with Gasteiger partial charge in [0.2, 0.25) is 5.28 Å². The molecule has 5 heteroatoms. The van der Waals surface area contributed by atoms with Gasteiger partial charge in [-0.25, -0.2) is 4.98 Å². The van der Waals surface area contributed by atoms with E-state index in [0.29, 0.717) is 0 Å². The van der Waals surface area contributed by atoms with Crippen LogP contribution in [0.5, 0.6) is 0 Å². The van der Waals surface area contributed by atoms with Crippen molar-refractivity contribution in [2.75, 3.05) is 5.32 Å². The Kier molecular flexibility index (Phi) is 3.52. The molecule has 2 aromatic carbocycles. The molecule has 0 atom stereocenters. The minimum absolute atomic E-state index is 0.243. The van der Waals surface area contributed by atoms with Gasteiger partial charge in [0.25, 0.3) is 0 Å². The van der Waals surface area contributed by atoms with Crippen LogP contribution >= 0.6 is 34.2 Å². The van der Waals surface area contributed by atoms with E-state index in [1.54, 1.807) is 0 Å². The molecule has 0 aliphatic rings. The molecule has 0 fully saturated rings. The zero-order valence-electron chi connectivity index (χ0n) is 9.77. The number of rotatable bonds is 2. The van der Waals surface area contributed by atoms with Gasteiger partial charge in [-0.15, -0.1) is 0 Å². The van der Waals surface area contributed by atoms with Gasteiger partial charge in [0.1, 0.15) is 5.82 Å². The van der Waals surface area contributed by atoms with E-state index >= 15 is 0 Å². The largest absolute Gasteiger partial charge is 0.339 e. The predicted molar refractivity (Wildman–Crippen MR) is 87.0 cm³/mol. The highest BCUT2D eigenvalue weighted by Gasteiger charge is 2.07. The molecular formula is C14H9ClIN3. The van der Waals surface area contributed by atoms with E-state index in [4.69, 9.17) is 11.6 Å². The fourth-order valence-corrected chi connectivity index (χ4v) is 2.53. The summed E-state index contributed by atoms with van der Waals surface area (Å²) in [5, 5.41) is 4.51. The van der Waals surface area contributed by atoms with Crippen molar-refractivity contribution in [1.29, 1.82) is 0 Å². The van der Waals surface area contributed by atoms with Crippen LogP contribution in [0, 0.1) is 3.57 Å². The van der Waals surface area contributed by atoms with E-state index in [9.17, 15) is 0 Å². The molecule has 1 N–H and O–H groups in total. The quantitative estimate of drug-likeness (QED) is 0.519. The Bertz CT molecular complexity index is 746. The summed E-state index contributed by atoms with van der Waals surface area (Å²) in [4.78, 5) is 8.49. The summed E-state index contributed by atoms with van der Waals surface area (Å²) in [6.07, 6.45) is 0. The molecule has 94 valence electrons. The van der Waals surface area contributed by atoms with Crippen molar-refractivity contribution in [3.05, 3.63) is 57.4 Å². The summed E-state index contributed by atoms with van der Waals surface area (Å²) in [5.41, 5.74) is 1.83. The van der Waals surface area contributed by atoms with E-state index in [1.165, 1.54) is 0 Å². The minimum atomic E-state index is 0.243. The van der Waals surface area contributed by atoms with Crippen LogP contribution in [0.25, 0.3) is 10.9 Å². The predicted octanol–water partition coefficient (Wildman–Crippen LogP) is 4.63. The average Bonchev–Trinajstić information content (AvgIpc) is 2.41. The topological polar surface area (TPSA) is 37.8 Å². The van der Waals surface area contributed by atoms with Crippen LogP contribution in [0.2, 0.25) is 5.28 Å². The number of anilines is 2. The number of halogens is 2. The third-order valence-electron chi connectivity index (χ3n) is 2.70. The Morgan fingerprint density at radius 3 is 2.53 bits per heavy atom. The molecule has 3 nitrogen and oxygen atoms in total. The van der Waals surface area contributed by atoms with Gasteiger partial charge in [-0.3, -0.25) is 0 Å². The zero-order valence-corrected chi connectivity index (χ0v) is 12.7. The first-order chi connectivity index (χ1) is 9.24. The maximum Gasteiger partial charge on any atom is 0.224 e. The molecule has 19 heavy (non-hydrogen) atoms. The number of nitrogens with zero attached hydrogens (tertiary/aromatic N) is 2. The first-order valence-corrected chi connectivity index (χ1v) is 7.13. The van der Waals surface area contributed by atoms with Gasteiger partial charge in [0, 0.05) is 8.96 Å². The second kappa shape index (κ2) is 5.30. The summed E-state index contributed by atoms with van der Waals surface area (Å²) in [6.45, 7) is 0. The molecule has 0 aliphatic carbocycles. The molecule has 0 saturated carbocycles. The van der Waals surface area contributed by atoms with Gasteiger partial charge in [-0.05, 0) is 58.5 Å². The molecule has 0 amide bonds. The Labute approximate surface area is 129 Å². The molecule has 0 saturated heterocycles. The molecule has 0 radical (unpaired) electrons. The van der Waals surface area contributed by atoms with Crippen LogP contribution in [0.15, 0.2) is 48.5 Å². The summed E-state index contributed by atoms with van der Waals surface area (Å²) in [5.74, 6) is 0.722. The lowest BCUT2D eigenvalue weighted by Gasteiger charge is -2.10. The highest BCUT2D eigenvalue weighted by molar-refractivity contribution is 14.1. The van der Waals surface area contributed by atoms with Crippen molar-refractivity contribution in [1.82, 2.24) is 9.97 Å². The normalized spacial score (nSPS) is 10.6. The Morgan fingerprint density at radius 1 is 0.947 bits per heavy atom. The first-order valence-electron chi connectivity index (χ1n) is 5.68. The van der Waals surface area contributed by atoms with Crippen LogP contribution in [0.4, 0.5) is 11.5 Å². The SMILES string of the molecule is Clc1nc(Nc2ccccc2I)c2ccccc2n1. The van der Waals surface area contributed by atoms with Gasteiger partial charge >= 0.3 is 0 Å². The summed E-state index contributed by atoms with van der Waals surface area (Å²) in [7, 11) is 0.